The molecule has 19 heavy (non-hydrogen) atoms. The highest BCUT2D eigenvalue weighted by molar-refractivity contribution is 7.18. The Balaban J connectivity index is 2.53. The van der Waals surface area contributed by atoms with Gasteiger partial charge in [-0.05, 0) is 40.2 Å². The lowest BCUT2D eigenvalue weighted by molar-refractivity contribution is 0.631. The summed E-state index contributed by atoms with van der Waals surface area (Å²) >= 11 is 1.75. The molecule has 0 aliphatic carbocycles. The molecule has 0 amide bonds. The number of thiophene rings is 1. The Morgan fingerprint density at radius 2 is 1.95 bits per heavy atom. The van der Waals surface area contributed by atoms with E-state index in [2.05, 4.69) is 61.3 Å². The Bertz CT molecular complexity index is 569. The van der Waals surface area contributed by atoms with Gasteiger partial charge in [0.25, 0.3) is 0 Å². The minimum atomic E-state index is -0.0148. The topological polar surface area (TPSA) is 49.8 Å². The minimum absolute atomic E-state index is 0.0148. The summed E-state index contributed by atoms with van der Waals surface area (Å²) in [6.07, 6.45) is 1.03. The molecule has 0 atom stereocenters. The van der Waals surface area contributed by atoms with Crippen LogP contribution in [0.25, 0.3) is 10.2 Å². The van der Waals surface area contributed by atoms with Crippen LogP contribution in [0.3, 0.4) is 0 Å². The number of aryl methyl sites for hydroxylation is 1. The first kappa shape index (κ1) is 14.1. The van der Waals surface area contributed by atoms with Crippen LogP contribution in [-0.2, 0) is 6.42 Å². The number of nitrogens with zero attached hydrogens (tertiary/aromatic N) is 2. The highest BCUT2D eigenvalue weighted by atomic mass is 32.1. The molecule has 104 valence electrons. The molecular weight excluding hydrogens is 256 g/mol. The summed E-state index contributed by atoms with van der Waals surface area (Å²) in [7, 11) is 0. The Hall–Kier alpha value is -1.36. The average Bonchev–Trinajstić information content (AvgIpc) is 2.70. The fourth-order valence-electron chi connectivity index (χ4n) is 1.83. The summed E-state index contributed by atoms with van der Waals surface area (Å²) in [6, 6.07) is 2.20. The van der Waals surface area contributed by atoms with Crippen LogP contribution in [0.1, 0.15) is 39.5 Å². The van der Waals surface area contributed by atoms with Gasteiger partial charge in [0.15, 0.2) is 0 Å². The van der Waals surface area contributed by atoms with Crippen LogP contribution in [0.15, 0.2) is 6.07 Å². The monoisotopic (exact) mass is 278 g/mol. The number of anilines is 2. The smallest absolute Gasteiger partial charge is 0.226 e. The molecule has 0 aromatic carbocycles. The van der Waals surface area contributed by atoms with E-state index < -0.39 is 0 Å². The summed E-state index contributed by atoms with van der Waals surface area (Å²) in [6.45, 7) is 11.5. The van der Waals surface area contributed by atoms with Crippen LogP contribution in [0.4, 0.5) is 11.8 Å². The second-order valence-electron chi connectivity index (χ2n) is 5.59. The van der Waals surface area contributed by atoms with Gasteiger partial charge in [0.05, 0.1) is 5.39 Å². The molecule has 4 nitrogen and oxygen atoms in total. The summed E-state index contributed by atoms with van der Waals surface area (Å²) < 4.78 is 0. The number of fused-ring (bicyclic) bond motifs is 1. The first-order valence-corrected chi connectivity index (χ1v) is 7.57. The Labute approximate surface area is 118 Å². The molecule has 0 bridgehead atoms. The second-order valence-corrected chi connectivity index (χ2v) is 6.70. The third kappa shape index (κ3) is 3.35. The van der Waals surface area contributed by atoms with Crippen molar-refractivity contribution in [2.75, 3.05) is 17.2 Å². The zero-order valence-corrected chi connectivity index (χ0v) is 13.1. The van der Waals surface area contributed by atoms with Crippen molar-refractivity contribution in [1.29, 1.82) is 0 Å². The largest absolute Gasteiger partial charge is 0.365 e. The Kier molecular flexibility index (Phi) is 3.94. The van der Waals surface area contributed by atoms with Crippen LogP contribution in [0.2, 0.25) is 0 Å². The van der Waals surface area contributed by atoms with Crippen LogP contribution in [0, 0.1) is 0 Å². The molecule has 2 aromatic heterocycles. The number of aromatic nitrogens is 2. The van der Waals surface area contributed by atoms with E-state index >= 15 is 0 Å². The lowest BCUT2D eigenvalue weighted by atomic mass is 10.1. The van der Waals surface area contributed by atoms with E-state index in [0.29, 0.717) is 5.95 Å². The maximum Gasteiger partial charge on any atom is 0.226 e. The maximum absolute atomic E-state index is 4.60. The third-order valence-electron chi connectivity index (χ3n) is 2.62. The number of nitrogens with one attached hydrogen (secondary N) is 2. The SMILES string of the molecule is CCNc1nc(NC(C)(C)C)c2cc(CC)sc2n1. The van der Waals surface area contributed by atoms with Crippen molar-refractivity contribution < 1.29 is 0 Å². The molecule has 5 heteroatoms. The lowest BCUT2D eigenvalue weighted by Crippen LogP contribution is -2.27. The van der Waals surface area contributed by atoms with Gasteiger partial charge in [-0.3, -0.25) is 0 Å². The zero-order valence-electron chi connectivity index (χ0n) is 12.3. The van der Waals surface area contributed by atoms with Gasteiger partial charge in [-0.15, -0.1) is 11.3 Å². The van der Waals surface area contributed by atoms with Gasteiger partial charge in [-0.2, -0.15) is 4.98 Å². The predicted molar refractivity (Wildman–Crippen MR) is 84.3 cm³/mol. The van der Waals surface area contributed by atoms with Crippen molar-refractivity contribution in [3.63, 3.8) is 0 Å². The fraction of sp³-hybridized carbons (Fsp3) is 0.571. The van der Waals surface area contributed by atoms with E-state index in [4.69, 9.17) is 0 Å². The van der Waals surface area contributed by atoms with Crippen molar-refractivity contribution in [1.82, 2.24) is 9.97 Å². The van der Waals surface area contributed by atoms with Gasteiger partial charge >= 0.3 is 0 Å². The maximum atomic E-state index is 4.60. The van der Waals surface area contributed by atoms with Crippen molar-refractivity contribution in [3.05, 3.63) is 10.9 Å². The van der Waals surface area contributed by atoms with Gasteiger partial charge in [0.1, 0.15) is 10.6 Å². The first-order valence-electron chi connectivity index (χ1n) is 6.75. The number of hydrogen-bond donors (Lipinski definition) is 2. The molecule has 2 aromatic rings. The van der Waals surface area contributed by atoms with Gasteiger partial charge in [0.2, 0.25) is 5.95 Å². The average molecular weight is 278 g/mol. The van der Waals surface area contributed by atoms with Gasteiger partial charge in [-0.1, -0.05) is 6.92 Å². The molecule has 0 fully saturated rings. The van der Waals surface area contributed by atoms with Crippen LogP contribution in [0.5, 0.6) is 0 Å². The summed E-state index contributed by atoms with van der Waals surface area (Å²) in [5.74, 6) is 1.62. The van der Waals surface area contributed by atoms with Crippen molar-refractivity contribution in [2.45, 2.75) is 46.6 Å². The summed E-state index contributed by atoms with van der Waals surface area (Å²) in [5, 5.41) is 7.80. The highest BCUT2D eigenvalue weighted by Gasteiger charge is 2.16. The predicted octanol–water partition coefficient (Wildman–Crippen LogP) is 3.90. The second kappa shape index (κ2) is 5.33. The van der Waals surface area contributed by atoms with Crippen LogP contribution >= 0.6 is 11.3 Å². The molecular formula is C14H22N4S. The molecule has 0 unspecified atom stereocenters. The van der Waals surface area contributed by atoms with Gasteiger partial charge in [0, 0.05) is 17.0 Å². The molecule has 0 aliphatic heterocycles. The number of hydrogen-bond acceptors (Lipinski definition) is 5. The van der Waals surface area contributed by atoms with E-state index in [1.807, 2.05) is 0 Å². The quantitative estimate of drug-likeness (QED) is 0.890. The van der Waals surface area contributed by atoms with E-state index in [9.17, 15) is 0 Å². The number of rotatable bonds is 4. The van der Waals surface area contributed by atoms with Crippen molar-refractivity contribution >= 4 is 33.3 Å². The molecule has 0 aliphatic rings. The molecule has 2 heterocycles. The Morgan fingerprint density at radius 1 is 1.21 bits per heavy atom. The first-order chi connectivity index (χ1) is 8.93. The van der Waals surface area contributed by atoms with Gasteiger partial charge < -0.3 is 10.6 Å². The lowest BCUT2D eigenvalue weighted by Gasteiger charge is -2.22. The van der Waals surface area contributed by atoms with Crippen LogP contribution in [-0.4, -0.2) is 22.1 Å². The van der Waals surface area contributed by atoms with Crippen molar-refractivity contribution in [3.8, 4) is 0 Å². The third-order valence-corrected chi connectivity index (χ3v) is 3.79. The summed E-state index contributed by atoms with van der Waals surface area (Å²) in [4.78, 5) is 11.6. The normalized spacial score (nSPS) is 11.8. The van der Waals surface area contributed by atoms with E-state index in [1.165, 1.54) is 4.88 Å². The van der Waals surface area contributed by atoms with Crippen LogP contribution < -0.4 is 10.6 Å². The molecule has 0 saturated heterocycles. The zero-order chi connectivity index (χ0) is 14.0. The van der Waals surface area contributed by atoms with E-state index in [-0.39, 0.29) is 5.54 Å². The standard InChI is InChI=1S/C14H22N4S/c1-6-9-8-10-11(18-14(3,4)5)16-13(15-7-2)17-12(10)19-9/h8H,6-7H2,1-5H3,(H2,15,16,17,18). The molecule has 0 radical (unpaired) electrons. The van der Waals surface area contributed by atoms with Gasteiger partial charge in [-0.25, -0.2) is 4.98 Å². The molecule has 2 N–H and O–H groups in total. The minimum Gasteiger partial charge on any atom is -0.365 e. The highest BCUT2D eigenvalue weighted by Crippen LogP contribution is 2.31. The fourth-order valence-corrected chi connectivity index (χ4v) is 2.80. The van der Waals surface area contributed by atoms with E-state index in [0.717, 1.165) is 29.0 Å². The molecule has 2 rings (SSSR count). The molecule has 0 saturated carbocycles. The van der Waals surface area contributed by atoms with E-state index in [1.54, 1.807) is 11.3 Å². The van der Waals surface area contributed by atoms with Crippen molar-refractivity contribution in [2.24, 2.45) is 0 Å². The molecule has 0 spiro atoms. The Morgan fingerprint density at radius 3 is 2.53 bits per heavy atom. The summed E-state index contributed by atoms with van der Waals surface area (Å²) in [5.41, 5.74) is -0.0148.